The molecule has 0 radical (unpaired) electrons. The van der Waals surface area contributed by atoms with E-state index in [-0.39, 0.29) is 16.6 Å². The minimum absolute atomic E-state index is 0.174. The molecule has 2 rings (SSSR count). The highest BCUT2D eigenvalue weighted by Gasteiger charge is 2.42. The Morgan fingerprint density at radius 1 is 1.09 bits per heavy atom. The minimum Gasteiger partial charge on any atom is -0.424 e. The van der Waals surface area contributed by atoms with E-state index in [2.05, 4.69) is 5.10 Å². The third-order valence-electron chi connectivity index (χ3n) is 4.66. The van der Waals surface area contributed by atoms with Crippen LogP contribution in [0.1, 0.15) is 63.9 Å². The second kappa shape index (κ2) is 8.62. The normalized spacial score (nSPS) is 13.4. The first-order chi connectivity index (χ1) is 14.5. The maximum Gasteiger partial charge on any atom is 0.435 e. The zero-order chi connectivity index (χ0) is 24.6. The van der Waals surface area contributed by atoms with E-state index in [1.165, 1.54) is 7.05 Å². The lowest BCUT2D eigenvalue weighted by molar-refractivity contribution is -0.146. The predicted molar refractivity (Wildman–Crippen MR) is 116 cm³/mol. The molecule has 172 valence electrons. The number of carbonyl (C=O) groups excluding carboxylic acids is 1. The highest BCUT2D eigenvalue weighted by atomic mass is 35.5. The van der Waals surface area contributed by atoms with Crippen molar-refractivity contribution < 1.29 is 22.7 Å². The Labute approximate surface area is 190 Å². The average Bonchev–Trinajstić information content (AvgIpc) is 2.95. The number of aromatic nitrogens is 2. The Bertz CT molecular complexity index is 1090. The molecule has 0 bridgehead atoms. The van der Waals surface area contributed by atoms with Crippen molar-refractivity contribution in [1.82, 2.24) is 9.78 Å². The van der Waals surface area contributed by atoms with Gasteiger partial charge in [-0.2, -0.15) is 23.5 Å². The molecule has 2 aromatic rings. The van der Waals surface area contributed by atoms with Gasteiger partial charge in [0.2, 0.25) is 0 Å². The molecule has 1 aromatic carbocycles. The molecule has 5 nitrogen and oxygen atoms in total. The SMILES string of the molecule is Cn1nc(C(F)(F)F)c(C(OC(=O)C(C)(C)C)=C(C#N)c2ccc(C(C)(C)C)cc2)c1Cl. The monoisotopic (exact) mass is 467 g/mol. The van der Waals surface area contributed by atoms with Gasteiger partial charge in [-0.15, -0.1) is 0 Å². The lowest BCUT2D eigenvalue weighted by atomic mass is 9.86. The molecular weight excluding hydrogens is 443 g/mol. The van der Waals surface area contributed by atoms with Gasteiger partial charge in [0.1, 0.15) is 16.8 Å². The van der Waals surface area contributed by atoms with Gasteiger partial charge in [0.25, 0.3) is 0 Å². The fourth-order valence-corrected chi connectivity index (χ4v) is 2.97. The van der Waals surface area contributed by atoms with Crippen LogP contribution in [0.3, 0.4) is 0 Å². The number of hydrogen-bond donors (Lipinski definition) is 0. The molecule has 0 spiro atoms. The summed E-state index contributed by atoms with van der Waals surface area (Å²) in [5, 5.41) is 12.9. The largest absolute Gasteiger partial charge is 0.435 e. The Balaban J connectivity index is 2.87. The van der Waals surface area contributed by atoms with Crippen LogP contribution >= 0.6 is 11.6 Å². The van der Waals surface area contributed by atoms with Crippen LogP contribution in [0, 0.1) is 16.7 Å². The van der Waals surface area contributed by atoms with Crippen LogP contribution in [0.15, 0.2) is 24.3 Å². The number of halogens is 4. The first-order valence-corrected chi connectivity index (χ1v) is 10.1. The zero-order valence-electron chi connectivity index (χ0n) is 19.0. The minimum atomic E-state index is -4.89. The molecule has 0 saturated heterocycles. The lowest BCUT2D eigenvalue weighted by Crippen LogP contribution is -2.23. The van der Waals surface area contributed by atoms with Gasteiger partial charge in [0.05, 0.1) is 11.0 Å². The second-order valence-electron chi connectivity index (χ2n) is 9.42. The van der Waals surface area contributed by atoms with Gasteiger partial charge in [0, 0.05) is 7.05 Å². The van der Waals surface area contributed by atoms with Crippen LogP contribution in [0.25, 0.3) is 11.3 Å². The molecule has 0 aliphatic heterocycles. The molecule has 0 unspecified atom stereocenters. The van der Waals surface area contributed by atoms with E-state index < -0.39 is 39.7 Å². The summed E-state index contributed by atoms with van der Waals surface area (Å²) in [6, 6.07) is 8.62. The molecule has 1 heterocycles. The van der Waals surface area contributed by atoms with Gasteiger partial charge in [-0.05, 0) is 37.3 Å². The van der Waals surface area contributed by atoms with E-state index in [1.54, 1.807) is 45.0 Å². The smallest absolute Gasteiger partial charge is 0.424 e. The van der Waals surface area contributed by atoms with Crippen molar-refractivity contribution in [3.05, 3.63) is 51.8 Å². The van der Waals surface area contributed by atoms with Gasteiger partial charge in [-0.1, -0.05) is 56.6 Å². The number of alkyl halides is 3. The number of benzene rings is 1. The molecule has 0 atom stereocenters. The molecule has 9 heteroatoms. The number of ether oxygens (including phenoxy) is 1. The van der Waals surface area contributed by atoms with Gasteiger partial charge >= 0.3 is 12.1 Å². The quantitative estimate of drug-likeness (QED) is 0.299. The first-order valence-electron chi connectivity index (χ1n) is 9.76. The summed E-state index contributed by atoms with van der Waals surface area (Å²) in [6.45, 7) is 10.7. The van der Waals surface area contributed by atoms with Crippen LogP contribution in [0.4, 0.5) is 13.2 Å². The highest BCUT2D eigenvalue weighted by Crippen LogP contribution is 2.41. The van der Waals surface area contributed by atoms with E-state index in [0.717, 1.165) is 10.2 Å². The molecular formula is C23H25ClF3N3O2. The van der Waals surface area contributed by atoms with Crippen molar-refractivity contribution in [3.63, 3.8) is 0 Å². The number of rotatable bonds is 3. The number of nitriles is 1. The summed E-state index contributed by atoms with van der Waals surface area (Å²) in [5.41, 5.74) is -2.24. The lowest BCUT2D eigenvalue weighted by Gasteiger charge is -2.21. The maximum absolute atomic E-state index is 13.7. The predicted octanol–water partition coefficient (Wildman–Crippen LogP) is 6.37. The molecule has 32 heavy (non-hydrogen) atoms. The molecule has 0 aliphatic rings. The summed E-state index contributed by atoms with van der Waals surface area (Å²) in [5.74, 6) is -1.40. The standard InChI is InChI=1S/C23H25ClF3N3O2/c1-21(2,3)14-10-8-13(9-11-14)15(12-28)17(32-20(31)22(4,5)6)16-18(23(25,26)27)29-30(7)19(16)24/h8-11H,1-7H3. The number of carbonyl (C=O) groups is 1. The Morgan fingerprint density at radius 2 is 1.62 bits per heavy atom. The van der Waals surface area contributed by atoms with Crippen molar-refractivity contribution in [3.8, 4) is 6.07 Å². The number of aryl methyl sites for hydroxylation is 1. The number of nitrogens with zero attached hydrogens (tertiary/aromatic N) is 3. The third-order valence-corrected chi connectivity index (χ3v) is 5.09. The summed E-state index contributed by atoms with van der Waals surface area (Å²) >= 11 is 6.15. The van der Waals surface area contributed by atoms with E-state index in [4.69, 9.17) is 16.3 Å². The van der Waals surface area contributed by atoms with Crippen LogP contribution in [-0.4, -0.2) is 15.7 Å². The average molecular weight is 468 g/mol. The molecule has 0 saturated carbocycles. The Kier molecular flexibility index (Phi) is 6.86. The van der Waals surface area contributed by atoms with Crippen molar-refractivity contribution in [2.75, 3.05) is 0 Å². The van der Waals surface area contributed by atoms with E-state index in [9.17, 15) is 23.2 Å². The Morgan fingerprint density at radius 3 is 2.03 bits per heavy atom. The van der Waals surface area contributed by atoms with Crippen LogP contribution in [-0.2, 0) is 28.2 Å². The third kappa shape index (κ3) is 5.33. The van der Waals surface area contributed by atoms with E-state index in [0.29, 0.717) is 0 Å². The second-order valence-corrected chi connectivity index (χ2v) is 9.78. The van der Waals surface area contributed by atoms with Crippen molar-refractivity contribution in [2.45, 2.75) is 53.1 Å². The molecule has 0 amide bonds. The fraction of sp³-hybridized carbons (Fsp3) is 0.435. The van der Waals surface area contributed by atoms with Gasteiger partial charge in [-0.3, -0.25) is 9.48 Å². The molecule has 0 aliphatic carbocycles. The molecule has 0 N–H and O–H groups in total. The summed E-state index contributed by atoms with van der Waals surface area (Å²) in [4.78, 5) is 12.6. The van der Waals surface area contributed by atoms with Gasteiger partial charge < -0.3 is 4.74 Å². The zero-order valence-corrected chi connectivity index (χ0v) is 19.7. The first kappa shape index (κ1) is 25.5. The number of hydrogen-bond acceptors (Lipinski definition) is 4. The van der Waals surface area contributed by atoms with Gasteiger partial charge in [0.15, 0.2) is 11.5 Å². The molecule has 1 aromatic heterocycles. The van der Waals surface area contributed by atoms with Crippen molar-refractivity contribution in [1.29, 1.82) is 5.26 Å². The number of allylic oxidation sites excluding steroid dienone is 1. The van der Waals surface area contributed by atoms with Crippen molar-refractivity contribution in [2.24, 2.45) is 12.5 Å². The van der Waals surface area contributed by atoms with Crippen molar-refractivity contribution >= 4 is 28.9 Å². The topological polar surface area (TPSA) is 67.9 Å². The van der Waals surface area contributed by atoms with Gasteiger partial charge in [-0.25, -0.2) is 0 Å². The van der Waals surface area contributed by atoms with Crippen LogP contribution < -0.4 is 0 Å². The van der Waals surface area contributed by atoms with Crippen LogP contribution in [0.2, 0.25) is 5.15 Å². The van der Waals surface area contributed by atoms with E-state index in [1.807, 2.05) is 26.8 Å². The van der Waals surface area contributed by atoms with Crippen LogP contribution in [0.5, 0.6) is 0 Å². The summed E-state index contributed by atoms with van der Waals surface area (Å²) in [6.07, 6.45) is -4.89. The maximum atomic E-state index is 13.7. The highest BCUT2D eigenvalue weighted by molar-refractivity contribution is 6.32. The Hall–Kier alpha value is -2.79. The number of esters is 1. The summed E-state index contributed by atoms with van der Waals surface area (Å²) in [7, 11) is 1.23. The summed E-state index contributed by atoms with van der Waals surface area (Å²) < 4.78 is 47.5. The van der Waals surface area contributed by atoms with E-state index >= 15 is 0 Å². The molecule has 0 fully saturated rings. The fourth-order valence-electron chi connectivity index (χ4n) is 2.76.